The van der Waals surface area contributed by atoms with Gasteiger partial charge in [0.1, 0.15) is 0 Å². The molecular weight excluding hydrogens is 114 g/mol. The molecule has 47 valence electrons. The van der Waals surface area contributed by atoms with Gasteiger partial charge >= 0.3 is 0 Å². The van der Waals surface area contributed by atoms with E-state index in [9.17, 15) is 0 Å². The molecule has 0 aromatic carbocycles. The van der Waals surface area contributed by atoms with Crippen LogP contribution in [0.3, 0.4) is 0 Å². The largest absolute Gasteiger partial charge is 0.384 e. The van der Waals surface area contributed by atoms with E-state index in [1.807, 2.05) is 14.1 Å². The molecule has 0 aliphatic heterocycles. The molecule has 1 nitrogen and oxygen atoms in total. The highest BCUT2D eigenvalue weighted by molar-refractivity contribution is 6.61. The van der Waals surface area contributed by atoms with Gasteiger partial charge in [-0.05, 0) is 6.20 Å². The molecule has 0 amide bonds. The molecule has 0 aromatic rings. The Morgan fingerprint density at radius 1 is 1.25 bits per heavy atom. The van der Waals surface area contributed by atoms with Crippen LogP contribution in [0.1, 0.15) is 0 Å². The van der Waals surface area contributed by atoms with Crippen LogP contribution >= 0.6 is 0 Å². The highest BCUT2D eigenvalue weighted by atomic mass is 28.3. The third-order valence-corrected chi connectivity index (χ3v) is 1.52. The number of hydrogen-bond acceptors (Lipinski definition) is 1. The van der Waals surface area contributed by atoms with Crippen LogP contribution in [0.2, 0.25) is 13.1 Å². The van der Waals surface area contributed by atoms with Crippen molar-refractivity contribution in [1.82, 2.24) is 4.90 Å². The Balaban J connectivity index is 3.34. The highest BCUT2D eigenvalue weighted by Gasteiger charge is 1.84. The summed E-state index contributed by atoms with van der Waals surface area (Å²) in [5.74, 6) is 0. The fourth-order valence-corrected chi connectivity index (χ4v) is 0.894. The quantitative estimate of drug-likeness (QED) is 0.507. The van der Waals surface area contributed by atoms with Gasteiger partial charge in [-0.1, -0.05) is 18.8 Å². The average Bonchev–Trinajstić information content (AvgIpc) is 1.61. The Morgan fingerprint density at radius 2 is 1.75 bits per heavy atom. The van der Waals surface area contributed by atoms with Gasteiger partial charge in [-0.15, -0.1) is 0 Å². The number of hydrogen-bond donors (Lipinski definition) is 0. The summed E-state index contributed by atoms with van der Waals surface area (Å²) in [5, 5.41) is 0. The molecule has 0 saturated heterocycles. The van der Waals surface area contributed by atoms with Crippen LogP contribution in [0.4, 0.5) is 0 Å². The van der Waals surface area contributed by atoms with Crippen molar-refractivity contribution in [3.63, 3.8) is 0 Å². The van der Waals surface area contributed by atoms with Gasteiger partial charge < -0.3 is 4.90 Å². The fourth-order valence-electron chi connectivity index (χ4n) is 0.298. The lowest BCUT2D eigenvalue weighted by molar-refractivity contribution is 0.564. The standard InChI is InChI=1S/C6H14NSi/c1-7(2)5-6-8(3)4/h5-6H,1-4H3. The minimum atomic E-state index is -0.152. The molecular formula is C6H14NSi. The molecule has 0 aliphatic rings. The Kier molecular flexibility index (Phi) is 3.61. The van der Waals surface area contributed by atoms with Crippen molar-refractivity contribution in [3.8, 4) is 0 Å². The van der Waals surface area contributed by atoms with Crippen LogP contribution in [0, 0.1) is 0 Å². The molecule has 2 heteroatoms. The molecule has 0 unspecified atom stereocenters. The summed E-state index contributed by atoms with van der Waals surface area (Å²) >= 11 is 0. The van der Waals surface area contributed by atoms with Gasteiger partial charge in [-0.2, -0.15) is 0 Å². The van der Waals surface area contributed by atoms with Crippen molar-refractivity contribution in [3.05, 3.63) is 11.9 Å². The molecule has 8 heavy (non-hydrogen) atoms. The number of rotatable bonds is 2. The van der Waals surface area contributed by atoms with Crippen LogP contribution in [-0.4, -0.2) is 27.8 Å². The summed E-state index contributed by atoms with van der Waals surface area (Å²) in [7, 11) is 3.93. The van der Waals surface area contributed by atoms with E-state index in [-0.39, 0.29) is 8.80 Å². The normalized spacial score (nSPS) is 11.1. The second-order valence-corrected chi connectivity index (χ2v) is 4.84. The first-order valence-electron chi connectivity index (χ1n) is 2.77. The molecule has 1 radical (unpaired) electrons. The molecule has 0 saturated carbocycles. The maximum Gasteiger partial charge on any atom is 0.0712 e. The maximum atomic E-state index is 2.27. The van der Waals surface area contributed by atoms with E-state index >= 15 is 0 Å². The van der Waals surface area contributed by atoms with Crippen LogP contribution in [0.5, 0.6) is 0 Å². The summed E-state index contributed by atoms with van der Waals surface area (Å²) in [6.07, 6.45) is 2.12. The molecule has 0 spiro atoms. The number of nitrogens with zero attached hydrogens (tertiary/aromatic N) is 1. The van der Waals surface area contributed by atoms with Crippen LogP contribution in [-0.2, 0) is 0 Å². The van der Waals surface area contributed by atoms with Crippen LogP contribution < -0.4 is 0 Å². The van der Waals surface area contributed by atoms with Crippen molar-refractivity contribution in [2.24, 2.45) is 0 Å². The van der Waals surface area contributed by atoms with E-state index in [2.05, 4.69) is 29.9 Å². The molecule has 0 heterocycles. The first-order valence-corrected chi connectivity index (χ1v) is 5.35. The second kappa shape index (κ2) is 3.72. The maximum absolute atomic E-state index is 2.27. The van der Waals surface area contributed by atoms with E-state index in [4.69, 9.17) is 0 Å². The van der Waals surface area contributed by atoms with Crippen LogP contribution in [0.15, 0.2) is 11.9 Å². The summed E-state index contributed by atoms with van der Waals surface area (Å²) in [5.41, 5.74) is 2.27. The Hall–Kier alpha value is -0.243. The third kappa shape index (κ3) is 5.76. The lowest BCUT2D eigenvalue weighted by atomic mass is 10.9. The van der Waals surface area contributed by atoms with Crippen molar-refractivity contribution in [2.45, 2.75) is 13.1 Å². The van der Waals surface area contributed by atoms with E-state index in [1.54, 1.807) is 0 Å². The topological polar surface area (TPSA) is 3.24 Å². The predicted octanol–water partition coefficient (Wildman–Crippen LogP) is 1.36. The summed E-state index contributed by atoms with van der Waals surface area (Å²) in [6.45, 7) is 4.54. The summed E-state index contributed by atoms with van der Waals surface area (Å²) < 4.78 is 0. The minimum absolute atomic E-state index is 0.152. The average molecular weight is 128 g/mol. The Labute approximate surface area is 53.6 Å². The van der Waals surface area contributed by atoms with Crippen molar-refractivity contribution in [2.75, 3.05) is 14.1 Å². The highest BCUT2D eigenvalue weighted by Crippen LogP contribution is 1.83. The first kappa shape index (κ1) is 7.76. The van der Waals surface area contributed by atoms with E-state index in [0.717, 1.165) is 0 Å². The lowest BCUT2D eigenvalue weighted by Crippen LogP contribution is -2.03. The fraction of sp³-hybridized carbons (Fsp3) is 0.667. The van der Waals surface area contributed by atoms with E-state index < -0.39 is 0 Å². The van der Waals surface area contributed by atoms with Gasteiger partial charge in [0.25, 0.3) is 0 Å². The van der Waals surface area contributed by atoms with Crippen molar-refractivity contribution < 1.29 is 0 Å². The third-order valence-electron chi connectivity index (χ3n) is 0.706. The molecule has 0 fully saturated rings. The second-order valence-electron chi connectivity index (χ2n) is 2.36. The SMILES string of the molecule is CN(C)C=C[Si](C)C. The van der Waals surface area contributed by atoms with Crippen molar-refractivity contribution >= 4 is 8.80 Å². The van der Waals surface area contributed by atoms with Gasteiger partial charge in [0.2, 0.25) is 0 Å². The smallest absolute Gasteiger partial charge is 0.0712 e. The van der Waals surface area contributed by atoms with Crippen molar-refractivity contribution in [1.29, 1.82) is 0 Å². The summed E-state index contributed by atoms with van der Waals surface area (Å²) in [4.78, 5) is 2.07. The monoisotopic (exact) mass is 128 g/mol. The van der Waals surface area contributed by atoms with Gasteiger partial charge in [-0.25, -0.2) is 0 Å². The van der Waals surface area contributed by atoms with Gasteiger partial charge in [0.15, 0.2) is 0 Å². The van der Waals surface area contributed by atoms with Gasteiger partial charge in [0.05, 0.1) is 8.80 Å². The first-order chi connectivity index (χ1) is 3.63. The molecule has 0 bridgehead atoms. The minimum Gasteiger partial charge on any atom is -0.384 e. The Bertz CT molecular complexity index is 66.6. The predicted molar refractivity (Wildman–Crippen MR) is 40.3 cm³/mol. The van der Waals surface area contributed by atoms with Crippen LogP contribution in [0.25, 0.3) is 0 Å². The lowest BCUT2D eigenvalue weighted by Gasteiger charge is -2.02. The zero-order valence-electron chi connectivity index (χ0n) is 6.10. The zero-order valence-corrected chi connectivity index (χ0v) is 7.10. The molecule has 0 aromatic heterocycles. The van der Waals surface area contributed by atoms with E-state index in [1.165, 1.54) is 0 Å². The van der Waals surface area contributed by atoms with Gasteiger partial charge in [-0.3, -0.25) is 0 Å². The van der Waals surface area contributed by atoms with Gasteiger partial charge in [0, 0.05) is 14.1 Å². The Morgan fingerprint density at radius 3 is 1.88 bits per heavy atom. The molecule has 0 atom stereocenters. The molecule has 0 aliphatic carbocycles. The zero-order chi connectivity index (χ0) is 6.57. The molecule has 0 N–H and O–H groups in total. The van der Waals surface area contributed by atoms with E-state index in [0.29, 0.717) is 0 Å². The molecule has 0 rings (SSSR count). The summed E-state index contributed by atoms with van der Waals surface area (Å²) in [6, 6.07) is 0.